The molecule has 84 valence electrons. The van der Waals surface area contributed by atoms with Gasteiger partial charge in [0.25, 0.3) is 0 Å². The van der Waals surface area contributed by atoms with E-state index < -0.39 is 31.0 Å². The molecule has 7 nitrogen and oxygen atoms in total. The quantitative estimate of drug-likeness (QED) is 0.258. The Bertz CT molecular complexity index is 255. The number of hydroxylamine groups is 3. The van der Waals surface area contributed by atoms with Crippen molar-refractivity contribution in [1.29, 1.82) is 0 Å². The second-order valence-electron chi connectivity index (χ2n) is 2.83. The first-order valence-corrected chi connectivity index (χ1v) is 5.91. The number of hydrogen-bond donors (Lipinski definition) is 3. The topological polar surface area (TPSA) is 118 Å². The third-order valence-electron chi connectivity index (χ3n) is 1.36. The first-order valence-electron chi connectivity index (χ1n) is 3.58. The molecule has 0 aromatic carbocycles. The summed E-state index contributed by atoms with van der Waals surface area (Å²) in [4.78, 5) is 27.4. The number of halogens is 1. The predicted octanol–water partition coefficient (Wildman–Crippen LogP) is -0.240. The van der Waals surface area contributed by atoms with Crippen molar-refractivity contribution in [2.75, 3.05) is 25.3 Å². The number of aliphatic carboxylic acids is 1. The summed E-state index contributed by atoms with van der Waals surface area (Å²) in [6.07, 6.45) is -1.06. The molecule has 0 rings (SSSR count). The summed E-state index contributed by atoms with van der Waals surface area (Å²) in [7, 11) is -4.54. The zero-order chi connectivity index (χ0) is 11.4. The van der Waals surface area contributed by atoms with Gasteiger partial charge < -0.3 is 24.7 Å². The van der Waals surface area contributed by atoms with Crippen LogP contribution < -0.4 is 0 Å². The molecule has 3 N–H and O–H groups in total. The Kier molecular flexibility index (Phi) is 5.00. The molecule has 14 heavy (non-hydrogen) atoms. The highest BCUT2D eigenvalue weighted by atomic mass is 35.5. The smallest absolute Gasteiger partial charge is 0.379 e. The largest absolute Gasteiger partial charge is 0.632 e. The first kappa shape index (κ1) is 13.8. The molecule has 0 heterocycles. The van der Waals surface area contributed by atoms with E-state index in [-0.39, 0.29) is 12.4 Å². The van der Waals surface area contributed by atoms with E-state index in [0.29, 0.717) is 0 Å². The summed E-state index contributed by atoms with van der Waals surface area (Å²) < 4.78 is 9.04. The fourth-order valence-electron chi connectivity index (χ4n) is 0.936. The summed E-state index contributed by atoms with van der Waals surface area (Å²) in [5, 5.41) is 19.9. The van der Waals surface area contributed by atoms with Crippen LogP contribution in [0.4, 0.5) is 0 Å². The minimum absolute atomic E-state index is 0.156. The summed E-state index contributed by atoms with van der Waals surface area (Å²) in [6, 6.07) is 0. The molecule has 0 radical (unpaired) electrons. The molecule has 0 amide bonds. The molecular weight excluding hydrogens is 236 g/mol. The van der Waals surface area contributed by atoms with Gasteiger partial charge in [-0.2, -0.15) is 0 Å². The lowest BCUT2D eigenvalue weighted by Gasteiger charge is -2.40. The minimum Gasteiger partial charge on any atom is -0.632 e. The van der Waals surface area contributed by atoms with E-state index in [4.69, 9.17) is 26.5 Å². The van der Waals surface area contributed by atoms with Gasteiger partial charge in [-0.3, -0.25) is 4.57 Å². The van der Waals surface area contributed by atoms with Crippen molar-refractivity contribution in [2.24, 2.45) is 0 Å². The van der Waals surface area contributed by atoms with Crippen LogP contribution in [0.25, 0.3) is 0 Å². The second-order valence-corrected chi connectivity index (χ2v) is 4.82. The Hall–Kier alpha value is -0.170. The monoisotopic (exact) mass is 247 g/mol. The number of carboxylic acid groups (broad SMARTS) is 1. The number of hydrogen-bond acceptors (Lipinski definition) is 3. The van der Waals surface area contributed by atoms with Crippen molar-refractivity contribution in [1.82, 2.24) is 0 Å². The third kappa shape index (κ3) is 6.31. The molecule has 1 atom stereocenters. The van der Waals surface area contributed by atoms with Gasteiger partial charge in [0, 0.05) is 0 Å². The molecule has 0 aromatic heterocycles. The van der Waals surface area contributed by atoms with Gasteiger partial charge >= 0.3 is 13.6 Å². The molecule has 0 aliphatic rings. The maximum Gasteiger partial charge on any atom is 0.379 e. The zero-order valence-electron chi connectivity index (χ0n) is 7.17. The second kappa shape index (κ2) is 5.06. The number of carbonyl (C=O) groups is 1. The van der Waals surface area contributed by atoms with E-state index in [1.165, 1.54) is 0 Å². The van der Waals surface area contributed by atoms with Crippen molar-refractivity contribution >= 4 is 25.2 Å². The molecule has 0 aliphatic carbocycles. The molecule has 1 unspecified atom stereocenters. The average molecular weight is 248 g/mol. The Morgan fingerprint density at radius 2 is 2.00 bits per heavy atom. The van der Waals surface area contributed by atoms with Crippen LogP contribution in [0.5, 0.6) is 0 Å². The van der Waals surface area contributed by atoms with Crippen LogP contribution in [0.1, 0.15) is 0 Å². The fourth-order valence-corrected chi connectivity index (χ4v) is 2.16. The van der Waals surface area contributed by atoms with Crippen molar-refractivity contribution in [3.05, 3.63) is 5.21 Å². The van der Waals surface area contributed by atoms with Gasteiger partial charge in [-0.05, 0) is 0 Å². The van der Waals surface area contributed by atoms with Gasteiger partial charge in [-0.15, -0.1) is 11.6 Å². The predicted molar refractivity (Wildman–Crippen MR) is 48.6 cm³/mol. The number of carboxylic acids is 1. The van der Waals surface area contributed by atoms with Crippen LogP contribution in [0, 0.1) is 5.21 Å². The summed E-state index contributed by atoms with van der Waals surface area (Å²) in [6.45, 7) is -1.25. The maximum absolute atomic E-state index is 11.5. The molecule has 0 saturated heterocycles. The number of alkyl halides is 1. The molecular formula is C5H11ClNO6P. The van der Waals surface area contributed by atoms with Crippen LogP contribution in [0.15, 0.2) is 0 Å². The number of nitrogens with zero attached hydrogens (tertiary/aromatic N) is 1. The Morgan fingerprint density at radius 1 is 1.50 bits per heavy atom. The molecule has 0 aromatic rings. The summed E-state index contributed by atoms with van der Waals surface area (Å²) >= 11 is 5.24. The maximum atomic E-state index is 11.5. The van der Waals surface area contributed by atoms with Gasteiger partial charge in [-0.1, -0.05) is 0 Å². The first-order chi connectivity index (χ1) is 6.18. The normalized spacial score (nSPS) is 16.3. The van der Waals surface area contributed by atoms with Crippen LogP contribution in [0.3, 0.4) is 0 Å². The highest BCUT2D eigenvalue weighted by molar-refractivity contribution is 7.51. The molecule has 9 heteroatoms. The van der Waals surface area contributed by atoms with Crippen LogP contribution >= 0.6 is 19.2 Å². The highest BCUT2D eigenvalue weighted by Gasteiger charge is 2.30. The van der Waals surface area contributed by atoms with E-state index in [9.17, 15) is 14.6 Å². The van der Waals surface area contributed by atoms with E-state index in [0.717, 1.165) is 0 Å². The molecule has 0 fully saturated rings. The molecule has 0 saturated carbocycles. The van der Waals surface area contributed by atoms with E-state index >= 15 is 0 Å². The minimum atomic E-state index is -4.54. The van der Waals surface area contributed by atoms with E-state index in [2.05, 4.69) is 0 Å². The van der Waals surface area contributed by atoms with Crippen molar-refractivity contribution in [2.45, 2.75) is 0 Å². The fraction of sp³-hybridized carbons (Fsp3) is 0.800. The molecule has 0 spiro atoms. The Labute approximate surface area is 85.2 Å². The average Bonchev–Trinajstić information content (AvgIpc) is 1.78. The lowest BCUT2D eigenvalue weighted by molar-refractivity contribution is -0.860. The van der Waals surface area contributed by atoms with Gasteiger partial charge in [0.15, 0.2) is 12.8 Å². The summed E-state index contributed by atoms with van der Waals surface area (Å²) in [5.74, 6) is -1.57. The van der Waals surface area contributed by atoms with Crippen LogP contribution in [0.2, 0.25) is 0 Å². The Balaban J connectivity index is 4.54. The Morgan fingerprint density at radius 3 is 2.29 bits per heavy atom. The van der Waals surface area contributed by atoms with E-state index in [1.54, 1.807) is 0 Å². The SMILES string of the molecule is O=C(O)C[N+]([O-])(CCCl)CP(=O)(O)O. The standard InChI is InChI=1S/C5H11ClNO6P/c6-1-2-7(10,3-5(8)9)4-14(11,12)13/h1-4H2,(H,8,9)(H2,11,12,13). The lowest BCUT2D eigenvalue weighted by Crippen LogP contribution is -2.47. The van der Waals surface area contributed by atoms with Gasteiger partial charge in [-0.25, -0.2) is 4.79 Å². The third-order valence-corrected chi connectivity index (χ3v) is 2.41. The van der Waals surface area contributed by atoms with Gasteiger partial charge in [0.2, 0.25) is 0 Å². The summed E-state index contributed by atoms with van der Waals surface area (Å²) in [5.41, 5.74) is 0. The molecule has 0 aliphatic heterocycles. The number of rotatable bonds is 6. The number of quaternary nitrogens is 1. The highest BCUT2D eigenvalue weighted by Crippen LogP contribution is 2.37. The van der Waals surface area contributed by atoms with E-state index in [1.807, 2.05) is 0 Å². The zero-order valence-corrected chi connectivity index (χ0v) is 8.82. The van der Waals surface area contributed by atoms with Crippen molar-refractivity contribution in [3.63, 3.8) is 0 Å². The lowest BCUT2D eigenvalue weighted by atomic mass is 10.5. The molecule has 0 bridgehead atoms. The van der Waals surface area contributed by atoms with Crippen LogP contribution in [-0.2, 0) is 9.36 Å². The van der Waals surface area contributed by atoms with Gasteiger partial charge in [0.1, 0.15) is 0 Å². The van der Waals surface area contributed by atoms with Crippen LogP contribution in [-0.4, -0.2) is 50.8 Å². The van der Waals surface area contributed by atoms with Crippen molar-refractivity contribution in [3.8, 4) is 0 Å². The van der Waals surface area contributed by atoms with Gasteiger partial charge in [0.05, 0.1) is 12.4 Å². The van der Waals surface area contributed by atoms with Crippen molar-refractivity contribution < 1.29 is 28.9 Å².